The third kappa shape index (κ3) is 5.07. The zero-order valence-corrected chi connectivity index (χ0v) is 15.6. The minimum atomic E-state index is -0.276. The van der Waals surface area contributed by atoms with Crippen molar-refractivity contribution < 1.29 is 23.7 Å². The van der Waals surface area contributed by atoms with E-state index in [1.165, 1.54) is 0 Å². The van der Waals surface area contributed by atoms with E-state index in [-0.39, 0.29) is 19.1 Å². The maximum atomic E-state index is 12.3. The van der Waals surface area contributed by atoms with Crippen LogP contribution in [0.1, 0.15) is 0 Å². The molecule has 0 amide bonds. The molecule has 3 aromatic rings. The summed E-state index contributed by atoms with van der Waals surface area (Å²) in [4.78, 5) is 12.3. The van der Waals surface area contributed by atoms with E-state index in [1.54, 1.807) is 7.11 Å². The summed E-state index contributed by atoms with van der Waals surface area (Å²) in [5.41, 5.74) is 2.06. The number of benzene rings is 2. The molecular weight excluding hydrogens is 346 g/mol. The summed E-state index contributed by atoms with van der Waals surface area (Å²) in [5.74, 6) is -0.276. The maximum absolute atomic E-state index is 12.3. The summed E-state index contributed by atoms with van der Waals surface area (Å²) >= 11 is 0. The molecule has 1 aromatic heterocycles. The van der Waals surface area contributed by atoms with E-state index >= 15 is 0 Å². The minimum Gasteiger partial charge on any atom is -0.462 e. The fraction of sp³-hybridized carbons (Fsp3) is 0.381. The number of esters is 1. The standard InChI is InChI=1S/C21H25NO5/c1-24-10-11-25-12-13-26-14-15-27-21(23)16-22-19-8-4-2-6-17(19)18-7-3-5-9-20(18)22/h2-9H,10-16H2,1H3. The molecule has 0 saturated carbocycles. The number of para-hydroxylation sites is 2. The molecule has 0 N–H and O–H groups in total. The van der Waals surface area contributed by atoms with Crippen LogP contribution in [-0.2, 0) is 30.3 Å². The molecule has 1 heterocycles. The molecule has 0 atom stereocenters. The van der Waals surface area contributed by atoms with Gasteiger partial charge in [0.15, 0.2) is 0 Å². The van der Waals surface area contributed by atoms with Gasteiger partial charge in [-0.15, -0.1) is 0 Å². The first-order valence-corrected chi connectivity index (χ1v) is 9.07. The SMILES string of the molecule is COCCOCCOCCOC(=O)Cn1c2ccccc2c2ccccc21. The number of ether oxygens (including phenoxy) is 4. The van der Waals surface area contributed by atoms with Crippen LogP contribution in [0.4, 0.5) is 0 Å². The first-order valence-electron chi connectivity index (χ1n) is 9.07. The van der Waals surface area contributed by atoms with Crippen LogP contribution in [0.15, 0.2) is 48.5 Å². The molecule has 0 spiro atoms. The Kier molecular flexibility index (Phi) is 7.21. The highest BCUT2D eigenvalue weighted by Gasteiger charge is 2.13. The molecule has 0 fully saturated rings. The van der Waals surface area contributed by atoms with Gasteiger partial charge in [0.25, 0.3) is 0 Å². The molecule has 6 heteroatoms. The second-order valence-electron chi connectivity index (χ2n) is 6.06. The van der Waals surface area contributed by atoms with Gasteiger partial charge >= 0.3 is 5.97 Å². The normalized spacial score (nSPS) is 11.3. The van der Waals surface area contributed by atoms with Crippen LogP contribution >= 0.6 is 0 Å². The number of hydrogen-bond acceptors (Lipinski definition) is 5. The monoisotopic (exact) mass is 371 g/mol. The van der Waals surface area contributed by atoms with Crippen molar-refractivity contribution in [3.8, 4) is 0 Å². The van der Waals surface area contributed by atoms with Gasteiger partial charge in [-0.25, -0.2) is 0 Å². The van der Waals surface area contributed by atoms with Crippen molar-refractivity contribution >= 4 is 27.8 Å². The van der Waals surface area contributed by atoms with Gasteiger partial charge in [-0.2, -0.15) is 0 Å². The predicted octanol–water partition coefficient (Wildman–Crippen LogP) is 3.02. The summed E-state index contributed by atoms with van der Waals surface area (Å²) in [6.07, 6.45) is 0. The molecule has 0 saturated heterocycles. The van der Waals surface area contributed by atoms with Gasteiger partial charge in [0.05, 0.1) is 33.0 Å². The molecule has 2 aromatic carbocycles. The van der Waals surface area contributed by atoms with E-state index in [1.807, 2.05) is 41.0 Å². The topological polar surface area (TPSA) is 58.9 Å². The molecular formula is C21H25NO5. The summed E-state index contributed by atoms with van der Waals surface area (Å²) < 4.78 is 22.9. The highest BCUT2D eigenvalue weighted by atomic mass is 16.6. The van der Waals surface area contributed by atoms with E-state index in [2.05, 4.69) is 12.1 Å². The van der Waals surface area contributed by atoms with E-state index in [0.717, 1.165) is 21.8 Å². The second-order valence-corrected chi connectivity index (χ2v) is 6.06. The van der Waals surface area contributed by atoms with Gasteiger partial charge in [0, 0.05) is 28.9 Å². The van der Waals surface area contributed by atoms with E-state index in [4.69, 9.17) is 18.9 Å². The first-order chi connectivity index (χ1) is 13.3. The van der Waals surface area contributed by atoms with Crippen LogP contribution in [-0.4, -0.2) is 57.3 Å². The van der Waals surface area contributed by atoms with Crippen molar-refractivity contribution in [1.29, 1.82) is 0 Å². The number of hydrogen-bond donors (Lipinski definition) is 0. The zero-order chi connectivity index (χ0) is 18.9. The molecule has 3 rings (SSSR count). The molecule has 0 unspecified atom stereocenters. The van der Waals surface area contributed by atoms with Crippen LogP contribution in [0.2, 0.25) is 0 Å². The highest BCUT2D eigenvalue weighted by molar-refractivity contribution is 6.08. The highest BCUT2D eigenvalue weighted by Crippen LogP contribution is 2.28. The van der Waals surface area contributed by atoms with E-state index in [0.29, 0.717) is 33.0 Å². The Morgan fingerprint density at radius 3 is 1.89 bits per heavy atom. The zero-order valence-electron chi connectivity index (χ0n) is 15.6. The number of methoxy groups -OCH3 is 1. The quantitative estimate of drug-likeness (QED) is 0.383. The molecule has 0 radical (unpaired) electrons. The van der Waals surface area contributed by atoms with E-state index < -0.39 is 0 Å². The lowest BCUT2D eigenvalue weighted by atomic mass is 10.2. The lowest BCUT2D eigenvalue weighted by molar-refractivity contribution is -0.145. The van der Waals surface area contributed by atoms with Crippen LogP contribution in [0.3, 0.4) is 0 Å². The number of rotatable bonds is 11. The van der Waals surface area contributed by atoms with Crippen LogP contribution in [0, 0.1) is 0 Å². The minimum absolute atomic E-state index is 0.175. The Hall–Kier alpha value is -2.41. The Balaban J connectivity index is 1.48. The van der Waals surface area contributed by atoms with Crippen LogP contribution < -0.4 is 0 Å². The molecule has 6 nitrogen and oxygen atoms in total. The Labute approximate surface area is 158 Å². The molecule has 27 heavy (non-hydrogen) atoms. The predicted molar refractivity (Wildman–Crippen MR) is 104 cm³/mol. The fourth-order valence-electron chi connectivity index (χ4n) is 3.03. The maximum Gasteiger partial charge on any atom is 0.326 e. The van der Waals surface area contributed by atoms with Crippen molar-refractivity contribution in [2.45, 2.75) is 6.54 Å². The smallest absolute Gasteiger partial charge is 0.326 e. The Morgan fingerprint density at radius 1 is 0.778 bits per heavy atom. The van der Waals surface area contributed by atoms with Crippen molar-refractivity contribution in [1.82, 2.24) is 4.57 Å². The lowest BCUT2D eigenvalue weighted by Gasteiger charge is -2.09. The van der Waals surface area contributed by atoms with Crippen molar-refractivity contribution in [3.63, 3.8) is 0 Å². The number of aromatic nitrogens is 1. The van der Waals surface area contributed by atoms with Crippen LogP contribution in [0.25, 0.3) is 21.8 Å². The fourth-order valence-corrected chi connectivity index (χ4v) is 3.03. The Bertz CT molecular complexity index is 820. The number of nitrogens with zero attached hydrogens (tertiary/aromatic N) is 1. The van der Waals surface area contributed by atoms with Crippen LogP contribution in [0.5, 0.6) is 0 Å². The van der Waals surface area contributed by atoms with E-state index in [9.17, 15) is 4.79 Å². The molecule has 0 bridgehead atoms. The van der Waals surface area contributed by atoms with Crippen molar-refractivity contribution in [2.24, 2.45) is 0 Å². The van der Waals surface area contributed by atoms with Gasteiger partial charge in [0.1, 0.15) is 13.2 Å². The molecule has 0 aliphatic heterocycles. The summed E-state index contributed by atoms with van der Waals surface area (Å²) in [7, 11) is 1.63. The average Bonchev–Trinajstić information content (AvgIpc) is 3.01. The number of carbonyl (C=O) groups excluding carboxylic acids is 1. The second kappa shape index (κ2) is 10.1. The summed E-state index contributed by atoms with van der Waals surface area (Å²) in [5, 5.41) is 2.27. The third-order valence-corrected chi connectivity index (χ3v) is 4.26. The largest absolute Gasteiger partial charge is 0.462 e. The van der Waals surface area contributed by atoms with Gasteiger partial charge in [-0.05, 0) is 12.1 Å². The third-order valence-electron chi connectivity index (χ3n) is 4.26. The number of fused-ring (bicyclic) bond motifs is 3. The first kappa shape index (κ1) is 19.4. The average molecular weight is 371 g/mol. The summed E-state index contributed by atoms with van der Waals surface area (Å²) in [6, 6.07) is 16.2. The summed E-state index contributed by atoms with van der Waals surface area (Å²) in [6.45, 7) is 2.84. The van der Waals surface area contributed by atoms with Gasteiger partial charge in [-0.1, -0.05) is 36.4 Å². The van der Waals surface area contributed by atoms with Crippen molar-refractivity contribution in [3.05, 3.63) is 48.5 Å². The Morgan fingerprint density at radius 2 is 1.30 bits per heavy atom. The van der Waals surface area contributed by atoms with Gasteiger partial charge < -0.3 is 23.5 Å². The number of carbonyl (C=O) groups is 1. The van der Waals surface area contributed by atoms with Crippen molar-refractivity contribution in [2.75, 3.05) is 46.8 Å². The van der Waals surface area contributed by atoms with Gasteiger partial charge in [0.2, 0.25) is 0 Å². The molecule has 0 aliphatic rings. The molecule has 0 aliphatic carbocycles. The lowest BCUT2D eigenvalue weighted by Crippen LogP contribution is -2.17. The molecule has 144 valence electrons. The van der Waals surface area contributed by atoms with Gasteiger partial charge in [-0.3, -0.25) is 4.79 Å².